The first-order valence-electron chi connectivity index (χ1n) is 6.31. The van der Waals surface area contributed by atoms with Gasteiger partial charge in [-0.1, -0.05) is 0 Å². The van der Waals surface area contributed by atoms with Crippen molar-refractivity contribution in [3.63, 3.8) is 0 Å². The van der Waals surface area contributed by atoms with Gasteiger partial charge in [-0.15, -0.1) is 0 Å². The molecule has 116 valence electrons. The van der Waals surface area contributed by atoms with Crippen molar-refractivity contribution in [2.75, 3.05) is 18.6 Å². The van der Waals surface area contributed by atoms with Crippen LogP contribution in [0.3, 0.4) is 0 Å². The number of carbonyl (C=O) groups excluding carboxylic acids is 1. The molecule has 0 N–H and O–H groups in total. The molecule has 21 heavy (non-hydrogen) atoms. The number of aromatic nitrogens is 1. The number of nitro groups is 1. The quantitative estimate of drug-likeness (QED) is 0.469. The number of pyridine rings is 1. The first kappa shape index (κ1) is 16.8. The zero-order valence-electron chi connectivity index (χ0n) is 12.5. The van der Waals surface area contributed by atoms with Gasteiger partial charge in [0.2, 0.25) is 0 Å². The lowest BCUT2D eigenvalue weighted by Crippen LogP contribution is -2.44. The maximum Gasteiger partial charge on any atom is 0.415 e. The molecular weight excluding hydrogens is 278 g/mol. The van der Waals surface area contributed by atoms with E-state index in [1.807, 2.05) is 0 Å². The molecule has 0 bridgehead atoms. The summed E-state index contributed by atoms with van der Waals surface area (Å²) < 4.78 is 10.0. The minimum absolute atomic E-state index is 0.274. The van der Waals surface area contributed by atoms with Crippen LogP contribution in [0.4, 0.5) is 10.5 Å². The molecule has 0 aliphatic heterocycles. The van der Waals surface area contributed by atoms with Crippen LogP contribution in [0.1, 0.15) is 20.8 Å². The third-order valence-corrected chi connectivity index (χ3v) is 2.42. The highest BCUT2D eigenvalue weighted by Gasteiger charge is 2.30. The highest BCUT2D eigenvalue weighted by molar-refractivity contribution is 5.87. The second-order valence-electron chi connectivity index (χ2n) is 5.28. The Balaban J connectivity index is 3.00. The molecule has 0 saturated carbocycles. The minimum Gasteiger partial charge on any atom is -0.443 e. The standard InChI is InChI=1S/C13H19N3O5/c1-13(2,3)21-12(17)15(9-11(20-4)16(18)19)10-6-5-7-14-8-10/h5-8,11H,9H2,1-4H3. The topological polar surface area (TPSA) is 94.8 Å². The average molecular weight is 297 g/mol. The second-order valence-corrected chi connectivity index (χ2v) is 5.28. The molecule has 0 aliphatic carbocycles. The van der Waals surface area contributed by atoms with Crippen LogP contribution >= 0.6 is 0 Å². The minimum atomic E-state index is -1.35. The molecule has 1 rings (SSSR count). The largest absolute Gasteiger partial charge is 0.443 e. The second kappa shape index (κ2) is 6.98. The summed E-state index contributed by atoms with van der Waals surface area (Å²) in [6.45, 7) is 4.87. The van der Waals surface area contributed by atoms with Crippen LogP contribution in [0.5, 0.6) is 0 Å². The van der Waals surface area contributed by atoms with Gasteiger partial charge in [0.05, 0.1) is 16.8 Å². The zero-order valence-corrected chi connectivity index (χ0v) is 12.5. The number of anilines is 1. The van der Waals surface area contributed by atoms with E-state index in [0.717, 1.165) is 4.90 Å². The molecule has 1 atom stereocenters. The fraction of sp³-hybridized carbons (Fsp3) is 0.538. The third kappa shape index (κ3) is 5.35. The molecule has 0 saturated heterocycles. The van der Waals surface area contributed by atoms with Crippen molar-refractivity contribution in [3.05, 3.63) is 34.6 Å². The Hall–Kier alpha value is -2.22. The Kier molecular flexibility index (Phi) is 5.60. The Labute approximate surface area is 122 Å². The van der Waals surface area contributed by atoms with Crippen molar-refractivity contribution < 1.29 is 19.2 Å². The Morgan fingerprint density at radius 2 is 2.19 bits per heavy atom. The molecule has 0 aromatic carbocycles. The SMILES string of the molecule is COC(CN(C(=O)OC(C)(C)C)c1cccnc1)[N+](=O)[O-]. The number of rotatable bonds is 5. The molecule has 1 aromatic heterocycles. The van der Waals surface area contributed by atoms with Gasteiger partial charge in [-0.05, 0) is 32.9 Å². The van der Waals surface area contributed by atoms with Crippen LogP contribution in [0.15, 0.2) is 24.5 Å². The van der Waals surface area contributed by atoms with E-state index in [1.54, 1.807) is 32.9 Å². The number of ether oxygens (including phenoxy) is 2. The van der Waals surface area contributed by atoms with Crippen molar-refractivity contribution in [3.8, 4) is 0 Å². The van der Waals surface area contributed by atoms with Crippen LogP contribution in [0.2, 0.25) is 0 Å². The van der Waals surface area contributed by atoms with Gasteiger partial charge >= 0.3 is 12.3 Å². The maximum absolute atomic E-state index is 12.2. The monoisotopic (exact) mass is 297 g/mol. The highest BCUT2D eigenvalue weighted by atomic mass is 16.7. The Morgan fingerprint density at radius 3 is 2.62 bits per heavy atom. The van der Waals surface area contributed by atoms with Crippen molar-refractivity contribution >= 4 is 11.8 Å². The van der Waals surface area contributed by atoms with Crippen LogP contribution in [-0.4, -0.2) is 41.5 Å². The van der Waals surface area contributed by atoms with Crippen LogP contribution in [-0.2, 0) is 9.47 Å². The fourth-order valence-electron chi connectivity index (χ4n) is 1.50. The first-order chi connectivity index (χ1) is 9.74. The van der Waals surface area contributed by atoms with E-state index in [2.05, 4.69) is 4.98 Å². The summed E-state index contributed by atoms with van der Waals surface area (Å²) in [5.74, 6) is 0. The number of nitrogens with zero attached hydrogens (tertiary/aromatic N) is 3. The van der Waals surface area contributed by atoms with Crippen molar-refractivity contribution in [2.45, 2.75) is 32.6 Å². The third-order valence-electron chi connectivity index (χ3n) is 2.42. The van der Waals surface area contributed by atoms with Gasteiger partial charge in [-0.2, -0.15) is 0 Å². The average Bonchev–Trinajstić information content (AvgIpc) is 2.38. The molecule has 1 amide bonds. The maximum atomic E-state index is 12.2. The fourth-order valence-corrected chi connectivity index (χ4v) is 1.50. The van der Waals surface area contributed by atoms with Crippen molar-refractivity contribution in [2.24, 2.45) is 0 Å². The lowest BCUT2D eigenvalue weighted by Gasteiger charge is -2.27. The Morgan fingerprint density at radius 1 is 1.52 bits per heavy atom. The summed E-state index contributed by atoms with van der Waals surface area (Å²) in [5, 5.41) is 10.9. The van der Waals surface area contributed by atoms with Gasteiger partial charge in [-0.3, -0.25) is 20.0 Å². The summed E-state index contributed by atoms with van der Waals surface area (Å²) in [5.41, 5.74) is -0.315. The number of amides is 1. The zero-order chi connectivity index (χ0) is 16.0. The molecular formula is C13H19N3O5. The van der Waals surface area contributed by atoms with Gasteiger partial charge in [0.25, 0.3) is 0 Å². The molecule has 0 aliphatic rings. The van der Waals surface area contributed by atoms with Gasteiger partial charge in [0.1, 0.15) is 12.1 Å². The molecule has 0 radical (unpaired) electrons. The number of hydrogen-bond acceptors (Lipinski definition) is 6. The molecule has 1 aromatic rings. The summed E-state index contributed by atoms with van der Waals surface area (Å²) in [6.07, 6.45) is 0.923. The van der Waals surface area contributed by atoms with E-state index in [9.17, 15) is 14.9 Å². The lowest BCUT2D eigenvalue weighted by atomic mass is 10.2. The molecule has 1 unspecified atom stereocenters. The van der Waals surface area contributed by atoms with Gasteiger partial charge < -0.3 is 9.47 Å². The van der Waals surface area contributed by atoms with E-state index in [-0.39, 0.29) is 6.54 Å². The van der Waals surface area contributed by atoms with Crippen LogP contribution < -0.4 is 4.90 Å². The first-order valence-corrected chi connectivity index (χ1v) is 6.31. The smallest absolute Gasteiger partial charge is 0.415 e. The van der Waals surface area contributed by atoms with E-state index in [0.29, 0.717) is 5.69 Å². The van der Waals surface area contributed by atoms with E-state index in [4.69, 9.17) is 9.47 Å². The lowest BCUT2D eigenvalue weighted by molar-refractivity contribution is -0.569. The molecule has 8 nitrogen and oxygen atoms in total. The molecule has 0 fully saturated rings. The summed E-state index contributed by atoms with van der Waals surface area (Å²) in [4.78, 5) is 27.6. The van der Waals surface area contributed by atoms with Crippen molar-refractivity contribution in [1.82, 2.24) is 4.98 Å². The molecule has 1 heterocycles. The summed E-state index contributed by atoms with van der Waals surface area (Å²) in [6, 6.07) is 3.24. The highest BCUT2D eigenvalue weighted by Crippen LogP contribution is 2.18. The summed E-state index contributed by atoms with van der Waals surface area (Å²) in [7, 11) is 1.21. The van der Waals surface area contributed by atoms with Gasteiger partial charge in [0, 0.05) is 13.3 Å². The predicted octanol–water partition coefficient (Wildman–Crippen LogP) is 2.07. The van der Waals surface area contributed by atoms with E-state index < -0.39 is 22.8 Å². The van der Waals surface area contributed by atoms with Gasteiger partial charge in [0.15, 0.2) is 0 Å². The van der Waals surface area contributed by atoms with Crippen molar-refractivity contribution in [1.29, 1.82) is 0 Å². The molecule has 8 heteroatoms. The molecule has 0 spiro atoms. The summed E-state index contributed by atoms with van der Waals surface area (Å²) >= 11 is 0. The number of hydrogen-bond donors (Lipinski definition) is 0. The van der Waals surface area contributed by atoms with Gasteiger partial charge in [-0.25, -0.2) is 4.79 Å². The predicted molar refractivity (Wildman–Crippen MR) is 75.6 cm³/mol. The number of methoxy groups -OCH3 is 1. The van der Waals surface area contributed by atoms with E-state index in [1.165, 1.54) is 19.5 Å². The Bertz CT molecular complexity index is 486. The van der Waals surface area contributed by atoms with Crippen LogP contribution in [0, 0.1) is 10.1 Å². The van der Waals surface area contributed by atoms with Crippen LogP contribution in [0.25, 0.3) is 0 Å². The van der Waals surface area contributed by atoms with E-state index >= 15 is 0 Å². The number of carbonyl (C=O) groups is 1. The normalized spacial score (nSPS) is 12.6.